The fraction of sp³-hybridized carbons (Fsp3) is 0.583. The summed E-state index contributed by atoms with van der Waals surface area (Å²) in [6, 6.07) is 4.09. The van der Waals surface area contributed by atoms with Crippen LogP contribution < -0.4 is 5.56 Å². The van der Waals surface area contributed by atoms with E-state index in [0.29, 0.717) is 6.04 Å². The molecule has 0 aromatic carbocycles. The zero-order chi connectivity index (χ0) is 10.7. The second kappa shape index (κ2) is 4.62. The molecule has 0 radical (unpaired) electrons. The highest BCUT2D eigenvalue weighted by Gasteiger charge is 2.24. The van der Waals surface area contributed by atoms with Crippen molar-refractivity contribution in [2.45, 2.75) is 32.2 Å². The molecule has 2 rings (SSSR count). The van der Waals surface area contributed by atoms with Gasteiger partial charge in [-0.2, -0.15) is 0 Å². The maximum Gasteiger partial charge on any atom is 0.247 e. The van der Waals surface area contributed by atoms with Crippen molar-refractivity contribution in [1.82, 2.24) is 9.88 Å². The number of H-pyrrole nitrogens is 1. The predicted molar refractivity (Wildman–Crippen MR) is 60.9 cm³/mol. The molecule has 0 bridgehead atoms. The Morgan fingerprint density at radius 3 is 3.07 bits per heavy atom. The standard InChI is InChI=1S/C12H18N2O/c1-2-7-14-8-3-4-11(14)10-5-6-12(15)13-9-10/h5-6,9,11H,2-4,7-8H2,1H3,(H,13,15)/t11-/m0/s1. The lowest BCUT2D eigenvalue weighted by Crippen LogP contribution is -2.24. The molecule has 0 spiro atoms. The van der Waals surface area contributed by atoms with Gasteiger partial charge in [0.25, 0.3) is 0 Å². The van der Waals surface area contributed by atoms with Gasteiger partial charge in [0.1, 0.15) is 0 Å². The molecular weight excluding hydrogens is 188 g/mol. The van der Waals surface area contributed by atoms with E-state index in [2.05, 4.69) is 16.8 Å². The van der Waals surface area contributed by atoms with Crippen molar-refractivity contribution in [3.05, 3.63) is 34.2 Å². The Morgan fingerprint density at radius 2 is 2.40 bits per heavy atom. The van der Waals surface area contributed by atoms with Crippen molar-refractivity contribution in [1.29, 1.82) is 0 Å². The molecule has 1 fully saturated rings. The second-order valence-corrected chi connectivity index (χ2v) is 4.18. The average Bonchev–Trinajstić information content (AvgIpc) is 2.68. The Labute approximate surface area is 90.1 Å². The third-order valence-corrected chi connectivity index (χ3v) is 3.07. The van der Waals surface area contributed by atoms with Gasteiger partial charge >= 0.3 is 0 Å². The normalized spacial score (nSPS) is 22.1. The van der Waals surface area contributed by atoms with Crippen LogP contribution in [0.15, 0.2) is 23.1 Å². The minimum atomic E-state index is -0.0150. The third-order valence-electron chi connectivity index (χ3n) is 3.07. The molecule has 2 heterocycles. The molecular formula is C12H18N2O. The molecule has 0 aliphatic carbocycles. The van der Waals surface area contributed by atoms with E-state index in [1.807, 2.05) is 12.3 Å². The van der Waals surface area contributed by atoms with Gasteiger partial charge in [-0.25, -0.2) is 0 Å². The molecule has 1 aromatic rings. The van der Waals surface area contributed by atoms with E-state index >= 15 is 0 Å². The quantitative estimate of drug-likeness (QED) is 0.820. The zero-order valence-electron chi connectivity index (χ0n) is 9.20. The van der Waals surface area contributed by atoms with Gasteiger partial charge < -0.3 is 4.98 Å². The molecule has 0 amide bonds. The minimum absolute atomic E-state index is 0.0150. The maximum absolute atomic E-state index is 11.0. The van der Waals surface area contributed by atoms with Gasteiger partial charge in [0.2, 0.25) is 5.56 Å². The van der Waals surface area contributed by atoms with Crippen molar-refractivity contribution in [2.24, 2.45) is 0 Å². The SMILES string of the molecule is CCCN1CCC[C@H]1c1ccc(=O)[nH]c1. The smallest absolute Gasteiger partial charge is 0.247 e. The van der Waals surface area contributed by atoms with Crippen LogP contribution in [0.2, 0.25) is 0 Å². The Kier molecular flexibility index (Phi) is 3.21. The number of nitrogens with one attached hydrogen (secondary N) is 1. The van der Waals surface area contributed by atoms with Crippen molar-refractivity contribution in [3.8, 4) is 0 Å². The van der Waals surface area contributed by atoms with Crippen LogP contribution in [0.4, 0.5) is 0 Å². The highest BCUT2D eigenvalue weighted by atomic mass is 16.1. The van der Waals surface area contributed by atoms with Crippen LogP contribution in [0, 0.1) is 0 Å². The maximum atomic E-state index is 11.0. The highest BCUT2D eigenvalue weighted by molar-refractivity contribution is 5.15. The van der Waals surface area contributed by atoms with Crippen molar-refractivity contribution in [3.63, 3.8) is 0 Å². The lowest BCUT2D eigenvalue weighted by Gasteiger charge is -2.23. The van der Waals surface area contributed by atoms with Gasteiger partial charge in [0.05, 0.1) is 0 Å². The number of hydrogen-bond donors (Lipinski definition) is 1. The predicted octanol–water partition coefficient (Wildman–Crippen LogP) is 1.92. The molecule has 1 saturated heterocycles. The molecule has 1 aromatic heterocycles. The Hall–Kier alpha value is -1.09. The lowest BCUT2D eigenvalue weighted by atomic mass is 10.1. The van der Waals surface area contributed by atoms with Crippen LogP contribution in [-0.2, 0) is 0 Å². The summed E-state index contributed by atoms with van der Waals surface area (Å²) in [7, 11) is 0. The highest BCUT2D eigenvalue weighted by Crippen LogP contribution is 2.30. The monoisotopic (exact) mass is 206 g/mol. The Bertz CT molecular complexity index is 352. The van der Waals surface area contributed by atoms with E-state index in [0.717, 1.165) is 6.54 Å². The molecule has 0 saturated carbocycles. The summed E-state index contributed by atoms with van der Waals surface area (Å²) in [6.07, 6.45) is 5.54. The van der Waals surface area contributed by atoms with Gasteiger partial charge in [-0.1, -0.05) is 13.0 Å². The summed E-state index contributed by atoms with van der Waals surface area (Å²) in [5, 5.41) is 0. The fourth-order valence-electron chi connectivity index (χ4n) is 2.39. The summed E-state index contributed by atoms with van der Waals surface area (Å²) >= 11 is 0. The molecule has 1 N–H and O–H groups in total. The molecule has 1 atom stereocenters. The number of hydrogen-bond acceptors (Lipinski definition) is 2. The van der Waals surface area contributed by atoms with E-state index in [9.17, 15) is 4.79 Å². The number of aromatic amines is 1. The first-order chi connectivity index (χ1) is 7.31. The summed E-state index contributed by atoms with van der Waals surface area (Å²) in [6.45, 7) is 4.56. The Balaban J connectivity index is 2.15. The second-order valence-electron chi connectivity index (χ2n) is 4.18. The van der Waals surface area contributed by atoms with Crippen molar-refractivity contribution < 1.29 is 0 Å². The number of likely N-dealkylation sites (tertiary alicyclic amines) is 1. The van der Waals surface area contributed by atoms with Crippen LogP contribution in [0.1, 0.15) is 37.8 Å². The first-order valence-electron chi connectivity index (χ1n) is 5.74. The van der Waals surface area contributed by atoms with E-state index in [4.69, 9.17) is 0 Å². The minimum Gasteiger partial charge on any atom is -0.329 e. The number of rotatable bonds is 3. The van der Waals surface area contributed by atoms with Gasteiger partial charge in [-0.15, -0.1) is 0 Å². The Morgan fingerprint density at radius 1 is 1.53 bits per heavy atom. The summed E-state index contributed by atoms with van der Waals surface area (Å²) in [5.41, 5.74) is 1.24. The van der Waals surface area contributed by atoms with Gasteiger partial charge in [0, 0.05) is 18.3 Å². The van der Waals surface area contributed by atoms with Crippen LogP contribution in [0.25, 0.3) is 0 Å². The summed E-state index contributed by atoms with van der Waals surface area (Å²) < 4.78 is 0. The van der Waals surface area contributed by atoms with E-state index in [1.165, 1.54) is 31.4 Å². The first kappa shape index (κ1) is 10.4. The third kappa shape index (κ3) is 2.29. The molecule has 1 aliphatic heterocycles. The molecule has 1 aliphatic rings. The van der Waals surface area contributed by atoms with Crippen LogP contribution in [0.5, 0.6) is 0 Å². The molecule has 82 valence electrons. The topological polar surface area (TPSA) is 36.1 Å². The van der Waals surface area contributed by atoms with Gasteiger partial charge in [-0.05, 0) is 37.9 Å². The zero-order valence-corrected chi connectivity index (χ0v) is 9.20. The first-order valence-corrected chi connectivity index (χ1v) is 5.74. The number of pyridine rings is 1. The van der Waals surface area contributed by atoms with E-state index in [1.54, 1.807) is 6.07 Å². The van der Waals surface area contributed by atoms with Gasteiger partial charge in [0.15, 0.2) is 0 Å². The molecule has 0 unspecified atom stereocenters. The number of aromatic nitrogens is 1. The van der Waals surface area contributed by atoms with E-state index < -0.39 is 0 Å². The van der Waals surface area contributed by atoms with Crippen molar-refractivity contribution >= 4 is 0 Å². The van der Waals surface area contributed by atoms with Crippen LogP contribution >= 0.6 is 0 Å². The lowest BCUT2D eigenvalue weighted by molar-refractivity contribution is 0.257. The fourth-order valence-corrected chi connectivity index (χ4v) is 2.39. The average molecular weight is 206 g/mol. The number of nitrogens with zero attached hydrogens (tertiary/aromatic N) is 1. The summed E-state index contributed by atoms with van der Waals surface area (Å²) in [5.74, 6) is 0. The van der Waals surface area contributed by atoms with Crippen LogP contribution in [0.3, 0.4) is 0 Å². The largest absolute Gasteiger partial charge is 0.329 e. The summed E-state index contributed by atoms with van der Waals surface area (Å²) in [4.78, 5) is 16.2. The van der Waals surface area contributed by atoms with Gasteiger partial charge in [-0.3, -0.25) is 9.69 Å². The van der Waals surface area contributed by atoms with E-state index in [-0.39, 0.29) is 5.56 Å². The molecule has 3 nitrogen and oxygen atoms in total. The molecule has 3 heteroatoms. The van der Waals surface area contributed by atoms with Crippen LogP contribution in [-0.4, -0.2) is 23.0 Å². The molecule has 15 heavy (non-hydrogen) atoms. The van der Waals surface area contributed by atoms with Crippen molar-refractivity contribution in [2.75, 3.05) is 13.1 Å².